The van der Waals surface area contributed by atoms with Crippen LogP contribution in [0.25, 0.3) is 0 Å². The number of hydrogen-bond donors (Lipinski definition) is 1. The Bertz CT molecular complexity index is 143. The highest BCUT2D eigenvalue weighted by atomic mass is 16.5. The third kappa shape index (κ3) is 4.42. The zero-order valence-corrected chi connectivity index (χ0v) is 7.14. The molecule has 0 amide bonds. The molecule has 1 N–H and O–H groups in total. The molecule has 0 rings (SSSR count). The first-order valence-electron chi connectivity index (χ1n) is 3.82. The standard InChI is InChI=1S/C8H15NO2/c1-4-6-11-8(10)7(3)9-5-2/h9H,3-6H2,1-2H3. The van der Waals surface area contributed by atoms with Crippen molar-refractivity contribution in [3.63, 3.8) is 0 Å². The molecule has 0 atom stereocenters. The fourth-order valence-corrected chi connectivity index (χ4v) is 0.567. The lowest BCUT2D eigenvalue weighted by Gasteiger charge is -2.05. The van der Waals surface area contributed by atoms with Gasteiger partial charge in [0.25, 0.3) is 0 Å². The maximum Gasteiger partial charge on any atom is 0.353 e. The lowest BCUT2D eigenvalue weighted by atomic mass is 10.4. The van der Waals surface area contributed by atoms with Crippen LogP contribution in [-0.2, 0) is 9.53 Å². The predicted octanol–water partition coefficient (Wildman–Crippen LogP) is 1.06. The maximum atomic E-state index is 10.9. The minimum absolute atomic E-state index is 0.334. The van der Waals surface area contributed by atoms with Crippen molar-refractivity contribution < 1.29 is 9.53 Å². The van der Waals surface area contributed by atoms with Gasteiger partial charge in [0.2, 0.25) is 0 Å². The Morgan fingerprint density at radius 1 is 1.55 bits per heavy atom. The van der Waals surface area contributed by atoms with E-state index >= 15 is 0 Å². The second-order valence-corrected chi connectivity index (χ2v) is 2.14. The maximum absolute atomic E-state index is 10.9. The molecule has 0 aromatic carbocycles. The van der Waals surface area contributed by atoms with E-state index in [4.69, 9.17) is 4.74 Å². The molecule has 0 saturated heterocycles. The fourth-order valence-electron chi connectivity index (χ4n) is 0.567. The minimum Gasteiger partial charge on any atom is -0.461 e. The normalized spacial score (nSPS) is 8.91. The van der Waals surface area contributed by atoms with Crippen molar-refractivity contribution in [1.82, 2.24) is 5.32 Å². The largest absolute Gasteiger partial charge is 0.461 e. The van der Waals surface area contributed by atoms with Crippen LogP contribution < -0.4 is 5.32 Å². The summed E-state index contributed by atoms with van der Waals surface area (Å²) < 4.78 is 4.80. The molecular weight excluding hydrogens is 142 g/mol. The van der Waals surface area contributed by atoms with Crippen LogP contribution in [-0.4, -0.2) is 19.1 Å². The van der Waals surface area contributed by atoms with Crippen LogP contribution in [0.4, 0.5) is 0 Å². The molecule has 0 radical (unpaired) electrons. The lowest BCUT2D eigenvalue weighted by molar-refractivity contribution is -0.139. The zero-order chi connectivity index (χ0) is 8.69. The predicted molar refractivity (Wildman–Crippen MR) is 44.1 cm³/mol. The monoisotopic (exact) mass is 157 g/mol. The van der Waals surface area contributed by atoms with E-state index in [1.807, 2.05) is 13.8 Å². The van der Waals surface area contributed by atoms with Crippen molar-refractivity contribution in [2.24, 2.45) is 0 Å². The van der Waals surface area contributed by atoms with Gasteiger partial charge in [-0.1, -0.05) is 13.5 Å². The SMILES string of the molecule is C=C(NCC)C(=O)OCCC. The first kappa shape index (κ1) is 10.0. The Labute approximate surface area is 67.4 Å². The van der Waals surface area contributed by atoms with Crippen molar-refractivity contribution in [2.75, 3.05) is 13.2 Å². The molecule has 0 aliphatic carbocycles. The van der Waals surface area contributed by atoms with Crippen molar-refractivity contribution >= 4 is 5.97 Å². The van der Waals surface area contributed by atoms with Gasteiger partial charge in [-0.25, -0.2) is 4.79 Å². The Hall–Kier alpha value is -0.990. The van der Waals surface area contributed by atoms with Gasteiger partial charge in [0.1, 0.15) is 5.70 Å². The van der Waals surface area contributed by atoms with Crippen molar-refractivity contribution in [2.45, 2.75) is 20.3 Å². The first-order chi connectivity index (χ1) is 5.22. The van der Waals surface area contributed by atoms with Crippen LogP contribution in [0.2, 0.25) is 0 Å². The third-order valence-corrected chi connectivity index (χ3v) is 1.07. The van der Waals surface area contributed by atoms with E-state index in [-0.39, 0.29) is 5.97 Å². The van der Waals surface area contributed by atoms with Gasteiger partial charge in [-0.15, -0.1) is 0 Å². The molecule has 0 aromatic rings. The third-order valence-electron chi connectivity index (χ3n) is 1.07. The van der Waals surface area contributed by atoms with Gasteiger partial charge in [-0.05, 0) is 13.3 Å². The van der Waals surface area contributed by atoms with Crippen LogP contribution in [0.5, 0.6) is 0 Å². The van der Waals surface area contributed by atoms with Gasteiger partial charge < -0.3 is 10.1 Å². The molecule has 0 spiro atoms. The molecular formula is C8H15NO2. The number of nitrogens with one attached hydrogen (secondary N) is 1. The summed E-state index contributed by atoms with van der Waals surface area (Å²) in [6.45, 7) is 8.52. The topological polar surface area (TPSA) is 38.3 Å². The van der Waals surface area contributed by atoms with Crippen LogP contribution in [0, 0.1) is 0 Å². The average Bonchev–Trinajstić information content (AvgIpc) is 2.00. The molecule has 3 nitrogen and oxygen atoms in total. The summed E-state index contributed by atoms with van der Waals surface area (Å²) in [5, 5.41) is 2.79. The number of rotatable bonds is 5. The van der Waals surface area contributed by atoms with E-state index in [9.17, 15) is 4.79 Å². The number of hydrogen-bond acceptors (Lipinski definition) is 3. The van der Waals surface area contributed by atoms with Crippen LogP contribution in [0.1, 0.15) is 20.3 Å². The molecule has 64 valence electrons. The van der Waals surface area contributed by atoms with Crippen LogP contribution in [0.15, 0.2) is 12.3 Å². The number of carbonyl (C=O) groups is 1. The quantitative estimate of drug-likeness (QED) is 0.479. The highest BCUT2D eigenvalue weighted by Crippen LogP contribution is 1.90. The summed E-state index contributed by atoms with van der Waals surface area (Å²) in [5.74, 6) is -0.353. The summed E-state index contributed by atoms with van der Waals surface area (Å²) in [6.07, 6.45) is 0.838. The Morgan fingerprint density at radius 2 is 2.18 bits per heavy atom. The number of ether oxygens (including phenoxy) is 1. The second kappa shape index (κ2) is 5.77. The Morgan fingerprint density at radius 3 is 2.64 bits per heavy atom. The average molecular weight is 157 g/mol. The van der Waals surface area contributed by atoms with Gasteiger partial charge >= 0.3 is 5.97 Å². The molecule has 3 heteroatoms. The zero-order valence-electron chi connectivity index (χ0n) is 7.14. The van der Waals surface area contributed by atoms with E-state index in [0.29, 0.717) is 18.8 Å². The van der Waals surface area contributed by atoms with E-state index in [1.165, 1.54) is 0 Å². The number of esters is 1. The summed E-state index contributed by atoms with van der Waals surface area (Å²) in [4.78, 5) is 10.9. The number of likely N-dealkylation sites (N-methyl/N-ethyl adjacent to an activating group) is 1. The van der Waals surface area contributed by atoms with E-state index in [0.717, 1.165) is 6.42 Å². The van der Waals surface area contributed by atoms with Gasteiger partial charge in [0.05, 0.1) is 6.61 Å². The highest BCUT2D eigenvalue weighted by molar-refractivity contribution is 5.86. The van der Waals surface area contributed by atoms with Gasteiger partial charge in [0, 0.05) is 6.54 Å². The first-order valence-corrected chi connectivity index (χ1v) is 3.82. The molecule has 0 aliphatic rings. The highest BCUT2D eigenvalue weighted by Gasteiger charge is 2.04. The van der Waals surface area contributed by atoms with Gasteiger partial charge in [-0.3, -0.25) is 0 Å². The molecule has 0 heterocycles. The van der Waals surface area contributed by atoms with Crippen LogP contribution >= 0.6 is 0 Å². The summed E-state index contributed by atoms with van der Waals surface area (Å²) in [6, 6.07) is 0. The molecule has 11 heavy (non-hydrogen) atoms. The van der Waals surface area contributed by atoms with Crippen molar-refractivity contribution in [3.8, 4) is 0 Å². The molecule has 0 bridgehead atoms. The van der Waals surface area contributed by atoms with E-state index in [2.05, 4.69) is 11.9 Å². The van der Waals surface area contributed by atoms with Gasteiger partial charge in [0.15, 0.2) is 0 Å². The van der Waals surface area contributed by atoms with E-state index in [1.54, 1.807) is 0 Å². The molecule has 0 saturated carbocycles. The summed E-state index contributed by atoms with van der Waals surface area (Å²) >= 11 is 0. The molecule has 0 unspecified atom stereocenters. The van der Waals surface area contributed by atoms with Gasteiger partial charge in [-0.2, -0.15) is 0 Å². The minimum atomic E-state index is -0.353. The summed E-state index contributed by atoms with van der Waals surface area (Å²) in [7, 11) is 0. The fraction of sp³-hybridized carbons (Fsp3) is 0.625. The van der Waals surface area contributed by atoms with Crippen molar-refractivity contribution in [1.29, 1.82) is 0 Å². The molecule has 0 fully saturated rings. The number of carbonyl (C=O) groups excluding carboxylic acids is 1. The second-order valence-electron chi connectivity index (χ2n) is 2.14. The Balaban J connectivity index is 3.56. The lowest BCUT2D eigenvalue weighted by Crippen LogP contribution is -2.21. The molecule has 0 aromatic heterocycles. The van der Waals surface area contributed by atoms with Crippen LogP contribution in [0.3, 0.4) is 0 Å². The smallest absolute Gasteiger partial charge is 0.353 e. The Kier molecular flexibility index (Phi) is 5.25. The van der Waals surface area contributed by atoms with Crippen molar-refractivity contribution in [3.05, 3.63) is 12.3 Å². The van der Waals surface area contributed by atoms with E-state index < -0.39 is 0 Å². The summed E-state index contributed by atoms with van der Waals surface area (Å²) in [5.41, 5.74) is 0.334. The molecule has 0 aliphatic heterocycles.